The van der Waals surface area contributed by atoms with Crippen molar-refractivity contribution in [1.82, 2.24) is 20.1 Å². The Labute approximate surface area is 150 Å². The molecule has 1 aromatic carbocycles. The molecule has 1 N–H and O–H groups in total. The molecule has 1 amide bonds. The van der Waals surface area contributed by atoms with Crippen LogP contribution in [0.5, 0.6) is 5.75 Å². The van der Waals surface area contributed by atoms with E-state index in [1.54, 1.807) is 18.3 Å². The van der Waals surface area contributed by atoms with Crippen LogP contribution >= 0.6 is 0 Å². The third kappa shape index (κ3) is 3.15. The Morgan fingerprint density at radius 1 is 1.46 bits per heavy atom. The highest BCUT2D eigenvalue weighted by atomic mass is 16.5. The van der Waals surface area contributed by atoms with E-state index < -0.39 is 0 Å². The van der Waals surface area contributed by atoms with Gasteiger partial charge in [-0.05, 0) is 19.1 Å². The average Bonchev–Trinajstić information content (AvgIpc) is 3.28. The molecule has 26 heavy (non-hydrogen) atoms. The van der Waals surface area contributed by atoms with Gasteiger partial charge in [-0.1, -0.05) is 0 Å². The summed E-state index contributed by atoms with van der Waals surface area (Å²) in [6.45, 7) is 3.30. The number of fused-ring (bicyclic) bond motifs is 1. The van der Waals surface area contributed by atoms with Gasteiger partial charge in [0.2, 0.25) is 5.91 Å². The van der Waals surface area contributed by atoms with Gasteiger partial charge in [0, 0.05) is 23.6 Å². The number of furan rings is 1. The number of hydrogen-bond donors (Lipinski definition) is 1. The summed E-state index contributed by atoms with van der Waals surface area (Å²) in [6, 6.07) is 5.60. The van der Waals surface area contributed by atoms with E-state index >= 15 is 0 Å². The third-order valence-corrected chi connectivity index (χ3v) is 4.53. The van der Waals surface area contributed by atoms with E-state index in [-0.39, 0.29) is 18.4 Å². The summed E-state index contributed by atoms with van der Waals surface area (Å²) < 4.78 is 16.5. The first-order valence-electron chi connectivity index (χ1n) is 8.46. The van der Waals surface area contributed by atoms with Gasteiger partial charge < -0.3 is 18.8 Å². The molecule has 8 nitrogen and oxygen atoms in total. The topological polar surface area (TPSA) is 93.5 Å². The van der Waals surface area contributed by atoms with E-state index in [4.69, 9.17) is 13.9 Å². The molecular weight excluding hydrogens is 336 g/mol. The molecule has 1 atom stereocenters. The van der Waals surface area contributed by atoms with Gasteiger partial charge in [-0.3, -0.25) is 9.89 Å². The molecular formula is C18H20N4O4. The second-order valence-corrected chi connectivity index (χ2v) is 6.28. The van der Waals surface area contributed by atoms with Crippen molar-refractivity contribution in [3.63, 3.8) is 0 Å². The van der Waals surface area contributed by atoms with Crippen LogP contribution in [0.2, 0.25) is 0 Å². The zero-order chi connectivity index (χ0) is 18.1. The lowest BCUT2D eigenvalue weighted by Gasteiger charge is -2.31. The number of hydrogen-bond acceptors (Lipinski definition) is 6. The molecule has 8 heteroatoms. The van der Waals surface area contributed by atoms with E-state index in [2.05, 4.69) is 15.2 Å². The number of amides is 1. The lowest BCUT2D eigenvalue weighted by Crippen LogP contribution is -2.43. The number of nitrogens with one attached hydrogen (secondary N) is 1. The van der Waals surface area contributed by atoms with E-state index in [1.165, 1.54) is 0 Å². The first kappa shape index (κ1) is 16.6. The van der Waals surface area contributed by atoms with Crippen molar-refractivity contribution >= 4 is 16.9 Å². The van der Waals surface area contributed by atoms with E-state index in [1.807, 2.05) is 25.1 Å². The number of rotatable bonds is 4. The van der Waals surface area contributed by atoms with Crippen molar-refractivity contribution in [2.75, 3.05) is 26.8 Å². The van der Waals surface area contributed by atoms with Crippen molar-refractivity contribution in [2.24, 2.45) is 0 Å². The molecule has 0 saturated carbocycles. The second-order valence-electron chi connectivity index (χ2n) is 6.28. The molecule has 4 rings (SSSR count). The van der Waals surface area contributed by atoms with Gasteiger partial charge in [-0.15, -0.1) is 0 Å². The first-order chi connectivity index (χ1) is 12.6. The summed E-state index contributed by atoms with van der Waals surface area (Å²) in [4.78, 5) is 18.9. The Morgan fingerprint density at radius 3 is 3.12 bits per heavy atom. The number of aromatic nitrogens is 3. The van der Waals surface area contributed by atoms with Crippen LogP contribution in [0.15, 0.2) is 28.9 Å². The van der Waals surface area contributed by atoms with Gasteiger partial charge in [0.05, 0.1) is 32.9 Å². The number of benzene rings is 1. The Kier molecular flexibility index (Phi) is 4.34. The average molecular weight is 356 g/mol. The number of morpholine rings is 1. The standard InChI is InChI=1S/C18H20N4O4/c1-11-19-18(21-20-11)16-9-22(5-6-25-16)17(23)7-12-10-26-15-8-13(24-2)3-4-14(12)15/h3-4,8,10,16H,5-7,9H2,1-2H3,(H,19,20,21). The zero-order valence-corrected chi connectivity index (χ0v) is 14.7. The fraction of sp³-hybridized carbons (Fsp3) is 0.389. The number of nitrogens with zero attached hydrogens (tertiary/aromatic N) is 3. The molecule has 136 valence electrons. The number of carbonyl (C=O) groups is 1. The van der Waals surface area contributed by atoms with Gasteiger partial charge in [0.15, 0.2) is 5.82 Å². The van der Waals surface area contributed by atoms with Crippen LogP contribution in [-0.2, 0) is 16.0 Å². The molecule has 1 saturated heterocycles. The Bertz CT molecular complexity index is 932. The fourth-order valence-electron chi connectivity index (χ4n) is 3.14. The van der Waals surface area contributed by atoms with E-state index in [9.17, 15) is 4.79 Å². The molecule has 0 radical (unpaired) electrons. The highest BCUT2D eigenvalue weighted by molar-refractivity contribution is 5.88. The predicted octanol–water partition coefficient (Wildman–Crippen LogP) is 2.01. The maximum absolute atomic E-state index is 12.8. The molecule has 2 aromatic heterocycles. The molecule has 1 unspecified atom stereocenters. The molecule has 3 aromatic rings. The Hall–Kier alpha value is -2.87. The van der Waals surface area contributed by atoms with Crippen LogP contribution in [0.1, 0.15) is 23.3 Å². The number of H-pyrrole nitrogens is 1. The van der Waals surface area contributed by atoms with Crippen molar-refractivity contribution in [1.29, 1.82) is 0 Å². The molecule has 0 spiro atoms. The Balaban J connectivity index is 1.47. The van der Waals surface area contributed by atoms with Gasteiger partial charge in [-0.2, -0.15) is 5.10 Å². The second kappa shape index (κ2) is 6.80. The lowest BCUT2D eigenvalue weighted by atomic mass is 10.1. The molecule has 1 fully saturated rings. The highest BCUT2D eigenvalue weighted by Gasteiger charge is 2.28. The molecule has 0 aliphatic carbocycles. The summed E-state index contributed by atoms with van der Waals surface area (Å²) >= 11 is 0. The summed E-state index contributed by atoms with van der Waals surface area (Å²) in [6.07, 6.45) is 1.61. The van der Waals surface area contributed by atoms with E-state index in [0.717, 1.165) is 22.5 Å². The minimum absolute atomic E-state index is 0.0316. The molecule has 1 aliphatic rings. The quantitative estimate of drug-likeness (QED) is 0.769. The molecule has 1 aliphatic heterocycles. The summed E-state index contributed by atoms with van der Waals surface area (Å²) in [5.41, 5.74) is 1.58. The van der Waals surface area contributed by atoms with Crippen molar-refractivity contribution < 1.29 is 18.7 Å². The van der Waals surface area contributed by atoms with Crippen LogP contribution in [0.25, 0.3) is 11.0 Å². The summed E-state index contributed by atoms with van der Waals surface area (Å²) in [7, 11) is 1.61. The SMILES string of the molecule is COc1ccc2c(CC(=O)N3CCOC(c4n[nH]c(C)n4)C3)coc2c1. The van der Waals surface area contributed by atoms with Crippen LogP contribution in [0, 0.1) is 6.92 Å². The minimum atomic E-state index is -0.303. The predicted molar refractivity (Wildman–Crippen MR) is 92.9 cm³/mol. The van der Waals surface area contributed by atoms with Gasteiger partial charge in [-0.25, -0.2) is 4.98 Å². The normalized spacial score (nSPS) is 17.6. The number of ether oxygens (including phenoxy) is 2. The third-order valence-electron chi connectivity index (χ3n) is 4.53. The van der Waals surface area contributed by atoms with Crippen molar-refractivity contribution in [3.05, 3.63) is 41.7 Å². The van der Waals surface area contributed by atoms with Crippen LogP contribution in [-0.4, -0.2) is 52.8 Å². The van der Waals surface area contributed by atoms with Crippen LogP contribution in [0.4, 0.5) is 0 Å². The van der Waals surface area contributed by atoms with Crippen molar-refractivity contribution in [3.8, 4) is 5.75 Å². The maximum atomic E-state index is 12.8. The zero-order valence-electron chi connectivity index (χ0n) is 14.7. The molecule has 0 bridgehead atoms. The fourth-order valence-corrected chi connectivity index (χ4v) is 3.14. The number of methoxy groups -OCH3 is 1. The van der Waals surface area contributed by atoms with Gasteiger partial charge in [0.1, 0.15) is 23.3 Å². The Morgan fingerprint density at radius 2 is 2.35 bits per heavy atom. The maximum Gasteiger partial charge on any atom is 0.227 e. The number of carbonyl (C=O) groups excluding carboxylic acids is 1. The minimum Gasteiger partial charge on any atom is -0.497 e. The largest absolute Gasteiger partial charge is 0.497 e. The summed E-state index contributed by atoms with van der Waals surface area (Å²) in [5.74, 6) is 2.07. The molecule has 3 heterocycles. The number of aryl methyl sites for hydroxylation is 1. The van der Waals surface area contributed by atoms with Crippen molar-refractivity contribution in [2.45, 2.75) is 19.4 Å². The highest BCUT2D eigenvalue weighted by Crippen LogP contribution is 2.27. The summed E-state index contributed by atoms with van der Waals surface area (Å²) in [5, 5.41) is 7.87. The van der Waals surface area contributed by atoms with E-state index in [0.29, 0.717) is 31.1 Å². The smallest absolute Gasteiger partial charge is 0.227 e. The van der Waals surface area contributed by atoms with Gasteiger partial charge >= 0.3 is 0 Å². The van der Waals surface area contributed by atoms with Gasteiger partial charge in [0.25, 0.3) is 0 Å². The van der Waals surface area contributed by atoms with Crippen LogP contribution in [0.3, 0.4) is 0 Å². The first-order valence-corrected chi connectivity index (χ1v) is 8.46. The number of aromatic amines is 1. The van der Waals surface area contributed by atoms with Crippen LogP contribution < -0.4 is 4.74 Å². The monoisotopic (exact) mass is 356 g/mol. The lowest BCUT2D eigenvalue weighted by molar-refractivity contribution is -0.138.